The third-order valence-corrected chi connectivity index (χ3v) is 3.81. The van der Waals surface area contributed by atoms with Crippen LogP contribution in [0.15, 0.2) is 24.3 Å². The van der Waals surface area contributed by atoms with Crippen LogP contribution in [0.2, 0.25) is 0 Å². The van der Waals surface area contributed by atoms with Crippen LogP contribution in [0.1, 0.15) is 37.0 Å². The Morgan fingerprint density at radius 3 is 2.61 bits per heavy atom. The Labute approximate surface area is 108 Å². The van der Waals surface area contributed by atoms with Crippen molar-refractivity contribution in [2.75, 3.05) is 13.1 Å². The monoisotopic (exact) mass is 247 g/mol. The van der Waals surface area contributed by atoms with Crippen LogP contribution in [-0.4, -0.2) is 34.9 Å². The van der Waals surface area contributed by atoms with Gasteiger partial charge >= 0.3 is 0 Å². The van der Waals surface area contributed by atoms with Gasteiger partial charge in [0.1, 0.15) is 5.75 Å². The smallest absolute Gasteiger partial charge is 0.176 e. The van der Waals surface area contributed by atoms with Gasteiger partial charge in [-0.1, -0.05) is 6.92 Å². The summed E-state index contributed by atoms with van der Waals surface area (Å²) in [5.41, 5.74) is 0.679. The fraction of sp³-hybridized carbons (Fsp3) is 0.533. The van der Waals surface area contributed by atoms with Gasteiger partial charge in [0.15, 0.2) is 5.78 Å². The molecule has 2 rings (SSSR count). The van der Waals surface area contributed by atoms with Crippen molar-refractivity contribution in [1.29, 1.82) is 0 Å². The highest BCUT2D eigenvalue weighted by molar-refractivity contribution is 5.97. The highest BCUT2D eigenvalue weighted by Crippen LogP contribution is 2.22. The van der Waals surface area contributed by atoms with Crippen molar-refractivity contribution in [1.82, 2.24) is 4.90 Å². The zero-order valence-electron chi connectivity index (χ0n) is 11.1. The van der Waals surface area contributed by atoms with Crippen molar-refractivity contribution < 1.29 is 9.90 Å². The van der Waals surface area contributed by atoms with Crippen LogP contribution in [0, 0.1) is 5.92 Å². The molecule has 3 nitrogen and oxygen atoms in total. The van der Waals surface area contributed by atoms with E-state index in [1.54, 1.807) is 24.3 Å². The molecular weight excluding hydrogens is 226 g/mol. The summed E-state index contributed by atoms with van der Waals surface area (Å²) in [7, 11) is 0. The number of rotatable bonds is 3. The van der Waals surface area contributed by atoms with Crippen molar-refractivity contribution in [3.05, 3.63) is 29.8 Å². The van der Waals surface area contributed by atoms with E-state index in [2.05, 4.69) is 18.7 Å². The first kappa shape index (κ1) is 13.1. The molecule has 0 saturated carbocycles. The Kier molecular flexibility index (Phi) is 4.02. The maximum absolute atomic E-state index is 12.1. The normalized spacial score (nSPS) is 25.0. The summed E-state index contributed by atoms with van der Waals surface area (Å²) in [6.45, 7) is 5.96. The lowest BCUT2D eigenvalue weighted by Crippen LogP contribution is -2.43. The molecule has 1 aromatic rings. The summed E-state index contributed by atoms with van der Waals surface area (Å²) in [5.74, 6) is 1.10. The minimum absolute atomic E-state index is 0.136. The predicted molar refractivity (Wildman–Crippen MR) is 71.9 cm³/mol. The lowest BCUT2D eigenvalue weighted by Gasteiger charge is -2.35. The van der Waals surface area contributed by atoms with Crippen LogP contribution in [0.3, 0.4) is 0 Å². The Balaban J connectivity index is 1.97. The SMILES string of the molecule is CC1CCN(CC(=O)c2ccc(O)cc2)C(C)C1. The molecule has 0 spiro atoms. The van der Waals surface area contributed by atoms with E-state index in [1.807, 2.05) is 0 Å². The minimum atomic E-state index is 0.136. The van der Waals surface area contributed by atoms with Crippen LogP contribution < -0.4 is 0 Å². The molecule has 2 unspecified atom stereocenters. The number of carbonyl (C=O) groups is 1. The fourth-order valence-corrected chi connectivity index (χ4v) is 2.61. The van der Waals surface area contributed by atoms with E-state index >= 15 is 0 Å². The molecule has 2 atom stereocenters. The molecule has 1 aliphatic heterocycles. The summed E-state index contributed by atoms with van der Waals surface area (Å²) in [6, 6.07) is 6.99. The first-order valence-corrected chi connectivity index (χ1v) is 6.62. The summed E-state index contributed by atoms with van der Waals surface area (Å²) in [6.07, 6.45) is 2.34. The number of phenolic OH excluding ortho intramolecular Hbond substituents is 1. The van der Waals surface area contributed by atoms with Crippen molar-refractivity contribution >= 4 is 5.78 Å². The summed E-state index contributed by atoms with van der Waals surface area (Å²) in [5, 5.41) is 9.21. The topological polar surface area (TPSA) is 40.5 Å². The Morgan fingerprint density at radius 2 is 2.00 bits per heavy atom. The molecule has 0 aromatic heterocycles. The van der Waals surface area contributed by atoms with E-state index < -0.39 is 0 Å². The molecule has 0 radical (unpaired) electrons. The summed E-state index contributed by atoms with van der Waals surface area (Å²) in [4.78, 5) is 14.4. The number of phenols is 1. The van der Waals surface area contributed by atoms with Gasteiger partial charge in [-0.3, -0.25) is 9.69 Å². The van der Waals surface area contributed by atoms with Gasteiger partial charge in [0.2, 0.25) is 0 Å². The molecule has 1 aliphatic rings. The van der Waals surface area contributed by atoms with E-state index in [4.69, 9.17) is 0 Å². The number of benzene rings is 1. The van der Waals surface area contributed by atoms with Crippen molar-refractivity contribution in [2.24, 2.45) is 5.92 Å². The van der Waals surface area contributed by atoms with Gasteiger partial charge < -0.3 is 5.11 Å². The quantitative estimate of drug-likeness (QED) is 0.835. The number of Topliss-reactive ketones (excluding diaryl/α,β-unsaturated/α-hetero) is 1. The molecule has 1 aromatic carbocycles. The largest absolute Gasteiger partial charge is 0.508 e. The van der Waals surface area contributed by atoms with Gasteiger partial charge in [-0.25, -0.2) is 0 Å². The first-order chi connectivity index (χ1) is 8.56. The van der Waals surface area contributed by atoms with Gasteiger partial charge in [0.25, 0.3) is 0 Å². The number of carbonyl (C=O) groups excluding carboxylic acids is 1. The van der Waals surface area contributed by atoms with Crippen LogP contribution in [-0.2, 0) is 0 Å². The molecule has 1 heterocycles. The molecule has 0 aliphatic carbocycles. The van der Waals surface area contributed by atoms with Gasteiger partial charge in [-0.2, -0.15) is 0 Å². The van der Waals surface area contributed by atoms with Crippen LogP contribution >= 0.6 is 0 Å². The Morgan fingerprint density at radius 1 is 1.33 bits per heavy atom. The zero-order chi connectivity index (χ0) is 13.1. The average Bonchev–Trinajstić information content (AvgIpc) is 2.33. The molecular formula is C15H21NO2. The second kappa shape index (κ2) is 5.53. The average molecular weight is 247 g/mol. The second-order valence-electron chi connectivity index (χ2n) is 5.42. The molecule has 1 saturated heterocycles. The van der Waals surface area contributed by atoms with Gasteiger partial charge in [-0.15, -0.1) is 0 Å². The molecule has 0 bridgehead atoms. The number of piperidine rings is 1. The van der Waals surface area contributed by atoms with Crippen LogP contribution in [0.4, 0.5) is 0 Å². The number of ketones is 1. The third-order valence-electron chi connectivity index (χ3n) is 3.81. The predicted octanol–water partition coefficient (Wildman–Crippen LogP) is 2.70. The molecule has 98 valence electrons. The van der Waals surface area contributed by atoms with Crippen LogP contribution in [0.25, 0.3) is 0 Å². The van der Waals surface area contributed by atoms with E-state index in [0.29, 0.717) is 18.2 Å². The Bertz CT molecular complexity index is 413. The van der Waals surface area contributed by atoms with Crippen LogP contribution in [0.5, 0.6) is 5.75 Å². The van der Waals surface area contributed by atoms with E-state index in [0.717, 1.165) is 12.5 Å². The Hall–Kier alpha value is -1.35. The van der Waals surface area contributed by atoms with Gasteiger partial charge in [0, 0.05) is 11.6 Å². The van der Waals surface area contributed by atoms with E-state index in [-0.39, 0.29) is 11.5 Å². The maximum Gasteiger partial charge on any atom is 0.176 e. The third kappa shape index (κ3) is 3.10. The standard InChI is InChI=1S/C15H21NO2/c1-11-7-8-16(12(2)9-11)10-15(18)13-3-5-14(17)6-4-13/h3-6,11-12,17H,7-10H2,1-2H3. The van der Waals surface area contributed by atoms with Gasteiger partial charge in [-0.05, 0) is 56.5 Å². The fourth-order valence-electron chi connectivity index (χ4n) is 2.61. The molecule has 1 N–H and O–H groups in total. The molecule has 1 fully saturated rings. The summed E-state index contributed by atoms with van der Waals surface area (Å²) >= 11 is 0. The van der Waals surface area contributed by atoms with Crippen molar-refractivity contribution in [3.63, 3.8) is 0 Å². The molecule has 3 heteroatoms. The minimum Gasteiger partial charge on any atom is -0.508 e. The first-order valence-electron chi connectivity index (χ1n) is 6.62. The lowest BCUT2D eigenvalue weighted by molar-refractivity contribution is 0.0816. The van der Waals surface area contributed by atoms with Crippen molar-refractivity contribution in [3.8, 4) is 5.75 Å². The highest BCUT2D eigenvalue weighted by atomic mass is 16.3. The number of hydrogen-bond acceptors (Lipinski definition) is 3. The maximum atomic E-state index is 12.1. The molecule has 0 amide bonds. The molecule has 18 heavy (non-hydrogen) atoms. The van der Waals surface area contributed by atoms with Crippen molar-refractivity contribution in [2.45, 2.75) is 32.7 Å². The summed E-state index contributed by atoms with van der Waals surface area (Å²) < 4.78 is 0. The zero-order valence-corrected chi connectivity index (χ0v) is 11.1. The van der Waals surface area contributed by atoms with Gasteiger partial charge in [0.05, 0.1) is 6.54 Å². The highest BCUT2D eigenvalue weighted by Gasteiger charge is 2.24. The number of aromatic hydroxyl groups is 1. The van der Waals surface area contributed by atoms with E-state index in [1.165, 1.54) is 12.8 Å². The number of nitrogens with zero attached hydrogens (tertiary/aromatic N) is 1. The number of hydrogen-bond donors (Lipinski definition) is 1. The number of likely N-dealkylation sites (tertiary alicyclic amines) is 1. The second-order valence-corrected chi connectivity index (χ2v) is 5.42. The lowest BCUT2D eigenvalue weighted by atomic mass is 9.93. The van der Waals surface area contributed by atoms with E-state index in [9.17, 15) is 9.90 Å².